The van der Waals surface area contributed by atoms with Gasteiger partial charge in [-0.1, -0.05) is 29.3 Å². The van der Waals surface area contributed by atoms with Crippen LogP contribution >= 0.6 is 34.5 Å². The van der Waals surface area contributed by atoms with Gasteiger partial charge < -0.3 is 9.73 Å². The Bertz CT molecular complexity index is 948. The zero-order valence-electron chi connectivity index (χ0n) is 13.5. The van der Waals surface area contributed by atoms with Gasteiger partial charge in [0.05, 0.1) is 22.2 Å². The second-order valence-corrected chi connectivity index (χ2v) is 6.94. The predicted molar refractivity (Wildman–Crippen MR) is 102 cm³/mol. The van der Waals surface area contributed by atoms with Crippen molar-refractivity contribution in [2.24, 2.45) is 0 Å². The first-order valence-corrected chi connectivity index (χ1v) is 9.12. The van der Waals surface area contributed by atoms with Crippen LogP contribution in [-0.2, 0) is 11.3 Å². The minimum atomic E-state index is -0.438. The molecular weight excluding hydrogens is 397 g/mol. The molecule has 6 nitrogen and oxygen atoms in total. The summed E-state index contributed by atoms with van der Waals surface area (Å²) in [5.74, 6) is 0.571. The van der Waals surface area contributed by atoms with Crippen LogP contribution in [0.3, 0.4) is 0 Å². The molecule has 26 heavy (non-hydrogen) atoms. The number of thiazole rings is 1. The first-order chi connectivity index (χ1) is 12.4. The van der Waals surface area contributed by atoms with Crippen LogP contribution < -0.4 is 10.6 Å². The van der Waals surface area contributed by atoms with E-state index in [1.54, 1.807) is 35.7 Å². The molecule has 9 heteroatoms. The van der Waals surface area contributed by atoms with E-state index in [0.717, 1.165) is 0 Å². The fourth-order valence-electron chi connectivity index (χ4n) is 2.14. The molecule has 2 heterocycles. The molecule has 3 aromatic rings. The average molecular weight is 410 g/mol. The molecule has 134 valence electrons. The quantitative estimate of drug-likeness (QED) is 0.644. The van der Waals surface area contributed by atoms with Gasteiger partial charge in [0.2, 0.25) is 5.91 Å². The highest BCUT2D eigenvalue weighted by atomic mass is 35.5. The molecule has 0 unspecified atom stereocenters. The molecule has 0 atom stereocenters. The smallest absolute Gasteiger partial charge is 0.260 e. The zero-order chi connectivity index (χ0) is 18.7. The maximum Gasteiger partial charge on any atom is 0.260 e. The average Bonchev–Trinajstić information content (AvgIpc) is 3.21. The molecule has 2 aromatic heterocycles. The predicted octanol–water partition coefficient (Wildman–Crippen LogP) is 4.60. The maximum atomic E-state index is 12.4. The Morgan fingerprint density at radius 2 is 1.92 bits per heavy atom. The normalized spacial score (nSPS) is 10.6. The first-order valence-electron chi connectivity index (χ1n) is 7.48. The van der Waals surface area contributed by atoms with Crippen molar-refractivity contribution in [2.75, 3.05) is 5.32 Å². The highest BCUT2D eigenvalue weighted by Gasteiger charge is 2.17. The van der Waals surface area contributed by atoms with E-state index in [1.165, 1.54) is 18.3 Å². The van der Waals surface area contributed by atoms with E-state index in [0.29, 0.717) is 28.9 Å². The molecule has 0 saturated carbocycles. The fraction of sp³-hybridized carbons (Fsp3) is 0.118. The minimum Gasteiger partial charge on any atom is -0.458 e. The van der Waals surface area contributed by atoms with E-state index in [2.05, 4.69) is 15.6 Å². The number of nitrogens with zero attached hydrogens (tertiary/aromatic N) is 1. The van der Waals surface area contributed by atoms with Crippen LogP contribution in [-0.4, -0.2) is 16.8 Å². The fourth-order valence-corrected chi connectivity index (χ4v) is 3.40. The number of carbonyl (C=O) groups is 2. The van der Waals surface area contributed by atoms with Crippen molar-refractivity contribution in [3.05, 3.63) is 57.1 Å². The lowest BCUT2D eigenvalue weighted by atomic mass is 10.2. The summed E-state index contributed by atoms with van der Waals surface area (Å²) in [5.41, 5.74) is 0.771. The third-order valence-electron chi connectivity index (χ3n) is 3.34. The van der Waals surface area contributed by atoms with E-state index < -0.39 is 5.91 Å². The Labute approximate surface area is 163 Å². The number of amides is 2. The minimum absolute atomic E-state index is 0.139. The molecule has 0 saturated heterocycles. The summed E-state index contributed by atoms with van der Waals surface area (Å²) in [5, 5.41) is 8.00. The summed E-state index contributed by atoms with van der Waals surface area (Å²) in [6, 6.07) is 8.36. The van der Waals surface area contributed by atoms with Crippen LogP contribution in [0.25, 0.3) is 11.5 Å². The van der Waals surface area contributed by atoms with E-state index in [1.807, 2.05) is 0 Å². The zero-order valence-corrected chi connectivity index (χ0v) is 15.8. The molecule has 0 aliphatic carbocycles. The van der Waals surface area contributed by atoms with Crippen molar-refractivity contribution in [3.63, 3.8) is 0 Å². The van der Waals surface area contributed by atoms with Gasteiger partial charge in [0.25, 0.3) is 5.91 Å². The Morgan fingerprint density at radius 1 is 1.19 bits per heavy atom. The number of halogens is 2. The second-order valence-electron chi connectivity index (χ2n) is 5.26. The lowest BCUT2D eigenvalue weighted by molar-refractivity contribution is -0.119. The van der Waals surface area contributed by atoms with E-state index >= 15 is 0 Å². The van der Waals surface area contributed by atoms with Crippen molar-refractivity contribution < 1.29 is 14.0 Å². The highest BCUT2D eigenvalue weighted by Crippen LogP contribution is 2.29. The summed E-state index contributed by atoms with van der Waals surface area (Å²) in [4.78, 5) is 27.7. The van der Waals surface area contributed by atoms with Crippen molar-refractivity contribution in [1.29, 1.82) is 0 Å². The Balaban J connectivity index is 1.72. The summed E-state index contributed by atoms with van der Waals surface area (Å²) in [7, 11) is 0. The Hall–Kier alpha value is -2.35. The van der Waals surface area contributed by atoms with Crippen molar-refractivity contribution >= 4 is 51.5 Å². The number of aromatic nitrogens is 1. The number of hydrogen-bond acceptors (Lipinski definition) is 5. The third kappa shape index (κ3) is 4.24. The molecule has 3 rings (SSSR count). The van der Waals surface area contributed by atoms with Crippen molar-refractivity contribution in [3.8, 4) is 11.5 Å². The van der Waals surface area contributed by atoms with Gasteiger partial charge in [0.15, 0.2) is 10.9 Å². The lowest BCUT2D eigenvalue weighted by Gasteiger charge is -2.05. The highest BCUT2D eigenvalue weighted by molar-refractivity contribution is 7.14. The van der Waals surface area contributed by atoms with E-state index in [4.69, 9.17) is 27.6 Å². The van der Waals surface area contributed by atoms with E-state index in [9.17, 15) is 9.59 Å². The summed E-state index contributed by atoms with van der Waals surface area (Å²) < 4.78 is 5.64. The largest absolute Gasteiger partial charge is 0.458 e. The number of hydrogen-bond donors (Lipinski definition) is 2. The first kappa shape index (κ1) is 18.4. The second kappa shape index (κ2) is 7.90. The summed E-state index contributed by atoms with van der Waals surface area (Å²) in [6.45, 7) is 1.73. The molecule has 0 aliphatic heterocycles. The van der Waals surface area contributed by atoms with Crippen LogP contribution in [0, 0.1) is 0 Å². The number of furan rings is 1. The number of rotatable bonds is 5. The van der Waals surface area contributed by atoms with Crippen molar-refractivity contribution in [2.45, 2.75) is 13.5 Å². The van der Waals surface area contributed by atoms with Gasteiger partial charge in [-0.25, -0.2) is 4.98 Å². The third-order valence-corrected chi connectivity index (χ3v) is 4.73. The molecule has 0 fully saturated rings. The molecule has 2 amide bonds. The molecular formula is C17H13Cl2N3O3S. The van der Waals surface area contributed by atoms with Gasteiger partial charge in [-0.3, -0.25) is 14.9 Å². The summed E-state index contributed by atoms with van der Waals surface area (Å²) >= 11 is 13.3. The van der Waals surface area contributed by atoms with Crippen molar-refractivity contribution in [1.82, 2.24) is 10.3 Å². The van der Waals surface area contributed by atoms with Gasteiger partial charge in [0, 0.05) is 12.3 Å². The van der Waals surface area contributed by atoms with Gasteiger partial charge in [-0.2, -0.15) is 0 Å². The van der Waals surface area contributed by atoms with Crippen LogP contribution in [0.5, 0.6) is 0 Å². The Morgan fingerprint density at radius 3 is 2.62 bits per heavy atom. The van der Waals surface area contributed by atoms with Gasteiger partial charge >= 0.3 is 0 Å². The van der Waals surface area contributed by atoms with E-state index in [-0.39, 0.29) is 21.5 Å². The van der Waals surface area contributed by atoms with Crippen LogP contribution in [0.1, 0.15) is 23.0 Å². The van der Waals surface area contributed by atoms with Crippen LogP contribution in [0.15, 0.2) is 40.1 Å². The molecule has 2 N–H and O–H groups in total. The molecule has 0 spiro atoms. The van der Waals surface area contributed by atoms with Gasteiger partial charge in [-0.15, -0.1) is 11.3 Å². The van der Waals surface area contributed by atoms with Crippen LogP contribution in [0.4, 0.5) is 5.13 Å². The lowest BCUT2D eigenvalue weighted by Crippen LogP contribution is -2.18. The maximum absolute atomic E-state index is 12.4. The SMILES string of the molecule is CC(=O)NCc1ccc(-c2csc(NC(=O)c3c(Cl)cccc3Cl)n2)o1. The molecule has 1 aromatic carbocycles. The standard InChI is InChI=1S/C17H13Cl2N3O3S/c1-9(23)20-7-10-5-6-14(25-10)13-8-26-17(21-13)22-16(24)15-11(18)3-2-4-12(15)19/h2-6,8H,7H2,1H3,(H,20,23)(H,21,22,24). The van der Waals surface area contributed by atoms with Crippen LogP contribution in [0.2, 0.25) is 10.0 Å². The van der Waals surface area contributed by atoms with Gasteiger partial charge in [-0.05, 0) is 24.3 Å². The number of carbonyl (C=O) groups excluding carboxylic acids is 2. The number of nitrogens with one attached hydrogen (secondary N) is 2. The van der Waals surface area contributed by atoms with Gasteiger partial charge in [0.1, 0.15) is 11.5 Å². The molecule has 0 bridgehead atoms. The molecule has 0 aliphatic rings. The monoisotopic (exact) mass is 409 g/mol. The summed E-state index contributed by atoms with van der Waals surface area (Å²) in [6.07, 6.45) is 0. The molecule has 0 radical (unpaired) electrons. The number of benzene rings is 1. The Kier molecular flexibility index (Phi) is 5.61. The number of anilines is 1. The topological polar surface area (TPSA) is 84.2 Å².